The highest BCUT2D eigenvalue weighted by molar-refractivity contribution is 5.99. The van der Waals surface area contributed by atoms with E-state index in [-0.39, 0.29) is 56.4 Å². The van der Waals surface area contributed by atoms with Crippen molar-refractivity contribution >= 4 is 41.0 Å². The fourth-order valence-corrected chi connectivity index (χ4v) is 5.34. The Morgan fingerprint density at radius 1 is 0.915 bits per heavy atom. The monoisotopic (exact) mass is 642 g/mol. The number of para-hydroxylation sites is 1. The average molecular weight is 643 g/mol. The Labute approximate surface area is 275 Å². The molecule has 47 heavy (non-hydrogen) atoms. The number of carboxylic acids is 1. The molecule has 0 radical (unpaired) electrons. The Morgan fingerprint density at radius 3 is 2.36 bits per heavy atom. The molecule has 1 aliphatic rings. The van der Waals surface area contributed by atoms with Gasteiger partial charge in [-0.1, -0.05) is 50.2 Å². The van der Waals surface area contributed by atoms with Gasteiger partial charge in [-0.3, -0.25) is 24.0 Å². The van der Waals surface area contributed by atoms with Crippen LogP contribution in [0, 0.1) is 5.92 Å². The maximum absolute atomic E-state index is 13.5. The maximum Gasteiger partial charge on any atom is 0.305 e. The van der Waals surface area contributed by atoms with Gasteiger partial charge in [0.15, 0.2) is 0 Å². The summed E-state index contributed by atoms with van der Waals surface area (Å²) in [5, 5.41) is 12.1. The normalized spacial score (nSPS) is 12.0. The zero-order valence-electron chi connectivity index (χ0n) is 27.1. The van der Waals surface area contributed by atoms with Gasteiger partial charge in [-0.05, 0) is 66.3 Å². The Morgan fingerprint density at radius 2 is 1.66 bits per heavy atom. The molecule has 0 bridgehead atoms. The minimum atomic E-state index is -1.10. The number of amides is 4. The van der Waals surface area contributed by atoms with Crippen molar-refractivity contribution in [2.75, 3.05) is 50.1 Å². The van der Waals surface area contributed by atoms with E-state index >= 15 is 0 Å². The summed E-state index contributed by atoms with van der Waals surface area (Å²) in [5.74, 6) is -1.80. The number of hydrogen-bond acceptors (Lipinski definition) is 6. The average Bonchev–Trinajstić information content (AvgIpc) is 3.50. The number of nitrogens with zero attached hydrogens (tertiary/aromatic N) is 3. The van der Waals surface area contributed by atoms with Crippen molar-refractivity contribution in [1.29, 1.82) is 0 Å². The fraction of sp³-hybridized carbons (Fsp3) is 0.361. The van der Waals surface area contributed by atoms with E-state index in [1.165, 1.54) is 23.0 Å². The first kappa shape index (κ1) is 34.7. The van der Waals surface area contributed by atoms with Gasteiger partial charge in [0, 0.05) is 36.6 Å². The van der Waals surface area contributed by atoms with Crippen LogP contribution in [0.5, 0.6) is 5.75 Å². The van der Waals surface area contributed by atoms with E-state index in [0.29, 0.717) is 24.4 Å². The third kappa shape index (κ3) is 9.90. The minimum Gasteiger partial charge on any atom is -0.497 e. The first-order valence-electron chi connectivity index (χ1n) is 15.7. The lowest BCUT2D eigenvalue weighted by Crippen LogP contribution is -2.46. The van der Waals surface area contributed by atoms with Crippen molar-refractivity contribution in [2.24, 2.45) is 5.92 Å². The molecular formula is C36H42N4O7. The lowest BCUT2D eigenvalue weighted by atomic mass is 10.1. The van der Waals surface area contributed by atoms with Gasteiger partial charge in [-0.2, -0.15) is 0 Å². The molecule has 0 saturated heterocycles. The number of nitrogens with one attached hydrogen (secondary N) is 1. The molecule has 0 spiro atoms. The highest BCUT2D eigenvalue weighted by Gasteiger charge is 2.26. The number of aliphatic carboxylic acids is 1. The third-order valence-electron chi connectivity index (χ3n) is 7.97. The first-order valence-corrected chi connectivity index (χ1v) is 15.7. The number of carboxylic acid groups (broad SMARTS) is 1. The zero-order valence-corrected chi connectivity index (χ0v) is 27.1. The Hall–Kier alpha value is -5.19. The van der Waals surface area contributed by atoms with Crippen molar-refractivity contribution in [1.82, 2.24) is 9.80 Å². The van der Waals surface area contributed by atoms with Crippen LogP contribution in [0.4, 0.5) is 11.4 Å². The molecule has 4 rings (SSSR count). The van der Waals surface area contributed by atoms with Crippen LogP contribution in [0.15, 0.2) is 72.8 Å². The number of benzene rings is 3. The molecule has 0 aromatic heterocycles. The van der Waals surface area contributed by atoms with Crippen molar-refractivity contribution in [3.05, 3.63) is 89.5 Å². The lowest BCUT2D eigenvalue weighted by molar-refractivity contribution is -0.138. The molecule has 248 valence electrons. The van der Waals surface area contributed by atoms with Crippen molar-refractivity contribution in [3.8, 4) is 5.75 Å². The zero-order chi connectivity index (χ0) is 33.9. The van der Waals surface area contributed by atoms with Gasteiger partial charge in [0.25, 0.3) is 5.91 Å². The highest BCUT2D eigenvalue weighted by atomic mass is 16.5. The van der Waals surface area contributed by atoms with Gasteiger partial charge in [-0.15, -0.1) is 0 Å². The lowest BCUT2D eigenvalue weighted by Gasteiger charge is -2.28. The Kier molecular flexibility index (Phi) is 12.1. The summed E-state index contributed by atoms with van der Waals surface area (Å²) < 4.78 is 5.20. The Balaban J connectivity index is 1.39. The van der Waals surface area contributed by atoms with E-state index in [1.54, 1.807) is 47.4 Å². The second kappa shape index (κ2) is 16.4. The number of methoxy groups -OCH3 is 1. The maximum atomic E-state index is 13.5. The van der Waals surface area contributed by atoms with Crippen molar-refractivity contribution in [2.45, 2.75) is 39.5 Å². The molecule has 11 heteroatoms. The summed E-state index contributed by atoms with van der Waals surface area (Å²) in [4.78, 5) is 68.7. The molecule has 3 aromatic rings. The molecule has 0 fully saturated rings. The standard InChI is InChI=1S/C36H42N4O7/c1-25(2)15-18-38(34(43)24-39(19-17-35(44)45)36(46)28-8-6-9-30(22-28)47-3)23-32(41)37-29-13-11-26(12-14-29)21-33(42)40-20-16-27-7-4-5-10-31(27)40/h4-14,22,25H,15-21,23-24H2,1-3H3,(H,37,41)(H,44,45). The van der Waals surface area contributed by atoms with E-state index in [9.17, 15) is 29.1 Å². The smallest absolute Gasteiger partial charge is 0.305 e. The summed E-state index contributed by atoms with van der Waals surface area (Å²) >= 11 is 0. The van der Waals surface area contributed by atoms with Gasteiger partial charge >= 0.3 is 5.97 Å². The fourth-order valence-electron chi connectivity index (χ4n) is 5.34. The molecule has 0 atom stereocenters. The number of fused-ring (bicyclic) bond motifs is 1. The summed E-state index contributed by atoms with van der Waals surface area (Å²) in [6, 6.07) is 21.3. The van der Waals surface area contributed by atoms with Crippen LogP contribution < -0.4 is 15.0 Å². The number of hydrogen-bond donors (Lipinski definition) is 2. The number of carbonyl (C=O) groups is 5. The third-order valence-corrected chi connectivity index (χ3v) is 7.97. The van der Waals surface area contributed by atoms with Crippen molar-refractivity contribution in [3.63, 3.8) is 0 Å². The van der Waals surface area contributed by atoms with Crippen LogP contribution in [0.1, 0.15) is 48.2 Å². The number of rotatable bonds is 15. The van der Waals surface area contributed by atoms with Gasteiger partial charge in [-0.25, -0.2) is 0 Å². The SMILES string of the molecule is COc1cccc(C(=O)N(CCC(=O)O)CC(=O)N(CCC(C)C)CC(=O)Nc2ccc(CC(=O)N3CCc4ccccc43)cc2)c1. The Bertz CT molecular complexity index is 1590. The second-order valence-corrected chi connectivity index (χ2v) is 11.9. The van der Waals surface area contributed by atoms with Crippen LogP contribution in [-0.2, 0) is 32.0 Å². The van der Waals surface area contributed by atoms with Crippen LogP contribution >= 0.6 is 0 Å². The molecule has 1 aliphatic heterocycles. The van der Waals surface area contributed by atoms with Gasteiger partial charge in [0.05, 0.1) is 26.5 Å². The largest absolute Gasteiger partial charge is 0.497 e. The van der Waals surface area contributed by atoms with Crippen LogP contribution in [0.25, 0.3) is 0 Å². The molecule has 3 aromatic carbocycles. The van der Waals surface area contributed by atoms with E-state index in [2.05, 4.69) is 5.32 Å². The van der Waals surface area contributed by atoms with Crippen molar-refractivity contribution < 1.29 is 33.8 Å². The van der Waals surface area contributed by atoms with E-state index in [0.717, 1.165) is 23.2 Å². The predicted molar refractivity (Wildman–Crippen MR) is 178 cm³/mol. The predicted octanol–water partition coefficient (Wildman–Crippen LogP) is 4.26. The first-order chi connectivity index (χ1) is 22.5. The second-order valence-electron chi connectivity index (χ2n) is 11.9. The molecule has 1 heterocycles. The highest BCUT2D eigenvalue weighted by Crippen LogP contribution is 2.28. The number of ether oxygens (including phenoxy) is 1. The minimum absolute atomic E-state index is 0.00771. The summed E-state index contributed by atoms with van der Waals surface area (Å²) in [5.41, 5.74) is 3.70. The van der Waals surface area contributed by atoms with Gasteiger partial charge < -0.3 is 29.9 Å². The summed E-state index contributed by atoms with van der Waals surface area (Å²) in [7, 11) is 1.47. The van der Waals surface area contributed by atoms with Crippen LogP contribution in [-0.4, -0.2) is 84.3 Å². The van der Waals surface area contributed by atoms with Gasteiger partial charge in [0.2, 0.25) is 17.7 Å². The molecular weight excluding hydrogens is 600 g/mol. The van der Waals surface area contributed by atoms with E-state index < -0.39 is 23.7 Å². The molecule has 0 saturated carbocycles. The van der Waals surface area contributed by atoms with E-state index in [1.807, 2.05) is 38.1 Å². The molecule has 4 amide bonds. The molecule has 0 aliphatic carbocycles. The van der Waals surface area contributed by atoms with E-state index in [4.69, 9.17) is 4.74 Å². The number of carbonyl (C=O) groups excluding carboxylic acids is 4. The quantitative estimate of drug-likeness (QED) is 0.253. The van der Waals surface area contributed by atoms with Gasteiger partial charge in [0.1, 0.15) is 12.3 Å². The molecule has 0 unspecified atom stereocenters. The topological polar surface area (TPSA) is 137 Å². The van der Waals surface area contributed by atoms with Crippen LogP contribution in [0.2, 0.25) is 0 Å². The number of anilines is 2. The molecule has 11 nitrogen and oxygen atoms in total. The molecule has 2 N–H and O–H groups in total. The van der Waals surface area contributed by atoms with Crippen LogP contribution in [0.3, 0.4) is 0 Å². The summed E-state index contributed by atoms with van der Waals surface area (Å²) in [6.07, 6.45) is 1.35. The summed E-state index contributed by atoms with van der Waals surface area (Å²) in [6.45, 7) is 4.13.